The second-order valence-corrected chi connectivity index (χ2v) is 5.13. The SMILES string of the molecule is CC(C)(C)NCCc1cn2ccccc2n1. The highest BCUT2D eigenvalue weighted by atomic mass is 15.0. The van der Waals surface area contributed by atoms with E-state index in [2.05, 4.69) is 41.7 Å². The van der Waals surface area contributed by atoms with E-state index in [-0.39, 0.29) is 5.54 Å². The average molecular weight is 217 g/mol. The smallest absolute Gasteiger partial charge is 0.136 e. The molecular weight excluding hydrogens is 198 g/mol. The summed E-state index contributed by atoms with van der Waals surface area (Å²) in [6.07, 6.45) is 5.10. The first kappa shape index (κ1) is 11.1. The van der Waals surface area contributed by atoms with Crippen molar-refractivity contribution in [3.63, 3.8) is 0 Å². The van der Waals surface area contributed by atoms with Crippen LogP contribution in [0.15, 0.2) is 30.6 Å². The van der Waals surface area contributed by atoms with E-state index in [4.69, 9.17) is 0 Å². The van der Waals surface area contributed by atoms with Gasteiger partial charge in [0.1, 0.15) is 5.65 Å². The summed E-state index contributed by atoms with van der Waals surface area (Å²) in [5.74, 6) is 0. The van der Waals surface area contributed by atoms with Gasteiger partial charge < -0.3 is 9.72 Å². The largest absolute Gasteiger partial charge is 0.312 e. The third kappa shape index (κ3) is 2.83. The van der Waals surface area contributed by atoms with E-state index >= 15 is 0 Å². The van der Waals surface area contributed by atoms with Gasteiger partial charge in [-0.25, -0.2) is 4.98 Å². The van der Waals surface area contributed by atoms with E-state index in [9.17, 15) is 0 Å². The Bertz CT molecular complexity index is 432. The summed E-state index contributed by atoms with van der Waals surface area (Å²) in [4.78, 5) is 4.56. The summed E-state index contributed by atoms with van der Waals surface area (Å²) in [6.45, 7) is 7.50. The van der Waals surface area contributed by atoms with Crippen molar-refractivity contribution in [2.75, 3.05) is 6.54 Å². The minimum Gasteiger partial charge on any atom is -0.312 e. The lowest BCUT2D eigenvalue weighted by atomic mass is 10.1. The molecule has 0 atom stereocenters. The van der Waals surface area contributed by atoms with Gasteiger partial charge >= 0.3 is 0 Å². The molecule has 0 bridgehead atoms. The fourth-order valence-corrected chi connectivity index (χ4v) is 1.67. The number of nitrogens with one attached hydrogen (secondary N) is 1. The molecule has 2 aromatic heterocycles. The number of aromatic nitrogens is 2. The van der Waals surface area contributed by atoms with Gasteiger partial charge in [-0.15, -0.1) is 0 Å². The molecule has 0 radical (unpaired) electrons. The Morgan fingerprint density at radius 2 is 2.12 bits per heavy atom. The van der Waals surface area contributed by atoms with Gasteiger partial charge in [0.05, 0.1) is 5.69 Å². The minimum atomic E-state index is 0.180. The van der Waals surface area contributed by atoms with Gasteiger partial charge in [-0.3, -0.25) is 0 Å². The molecule has 0 aliphatic heterocycles. The van der Waals surface area contributed by atoms with Gasteiger partial charge in [0.15, 0.2) is 0 Å². The highest BCUT2D eigenvalue weighted by molar-refractivity contribution is 5.39. The molecule has 0 aromatic carbocycles. The highest BCUT2D eigenvalue weighted by Gasteiger charge is 2.08. The van der Waals surface area contributed by atoms with E-state index in [0.717, 1.165) is 24.3 Å². The first-order valence-electron chi connectivity index (χ1n) is 5.72. The molecule has 0 unspecified atom stereocenters. The molecule has 3 heteroatoms. The van der Waals surface area contributed by atoms with Crippen LogP contribution < -0.4 is 5.32 Å². The molecule has 86 valence electrons. The van der Waals surface area contributed by atoms with Crippen LogP contribution in [0, 0.1) is 0 Å². The maximum Gasteiger partial charge on any atom is 0.136 e. The van der Waals surface area contributed by atoms with Gasteiger partial charge in [-0.1, -0.05) is 6.07 Å². The van der Waals surface area contributed by atoms with Crippen molar-refractivity contribution in [1.29, 1.82) is 0 Å². The molecule has 1 N–H and O–H groups in total. The van der Waals surface area contributed by atoms with Crippen molar-refractivity contribution in [3.8, 4) is 0 Å². The third-order valence-electron chi connectivity index (χ3n) is 2.45. The van der Waals surface area contributed by atoms with E-state index in [1.807, 2.05) is 24.4 Å². The Kier molecular flexibility index (Phi) is 2.97. The molecule has 16 heavy (non-hydrogen) atoms. The van der Waals surface area contributed by atoms with Crippen LogP contribution in [0.4, 0.5) is 0 Å². The fraction of sp³-hybridized carbons (Fsp3) is 0.462. The van der Waals surface area contributed by atoms with Crippen LogP contribution >= 0.6 is 0 Å². The molecule has 3 nitrogen and oxygen atoms in total. The molecule has 0 spiro atoms. The Morgan fingerprint density at radius 3 is 2.81 bits per heavy atom. The predicted molar refractivity (Wildman–Crippen MR) is 66.7 cm³/mol. The summed E-state index contributed by atoms with van der Waals surface area (Å²) in [5, 5.41) is 3.47. The van der Waals surface area contributed by atoms with Gasteiger partial charge in [-0.05, 0) is 32.9 Å². The summed E-state index contributed by atoms with van der Waals surface area (Å²) in [5.41, 5.74) is 2.34. The normalized spacial score (nSPS) is 12.2. The van der Waals surface area contributed by atoms with Gasteiger partial charge in [0.25, 0.3) is 0 Å². The standard InChI is InChI=1S/C13H19N3/c1-13(2,3)14-8-7-11-10-16-9-5-4-6-12(16)15-11/h4-6,9-10,14H,7-8H2,1-3H3. The van der Waals surface area contributed by atoms with E-state index in [0.29, 0.717) is 0 Å². The highest BCUT2D eigenvalue weighted by Crippen LogP contribution is 2.05. The third-order valence-corrected chi connectivity index (χ3v) is 2.45. The Balaban J connectivity index is 2.00. The molecule has 0 amide bonds. The molecule has 0 aliphatic carbocycles. The molecule has 0 saturated carbocycles. The van der Waals surface area contributed by atoms with Crippen LogP contribution in [0.1, 0.15) is 26.5 Å². The number of pyridine rings is 1. The van der Waals surface area contributed by atoms with E-state index < -0.39 is 0 Å². The van der Waals surface area contributed by atoms with Crippen LogP contribution in [-0.4, -0.2) is 21.5 Å². The maximum atomic E-state index is 4.56. The van der Waals surface area contributed by atoms with Crippen LogP contribution in [0.3, 0.4) is 0 Å². The molecule has 2 heterocycles. The van der Waals surface area contributed by atoms with Gasteiger partial charge in [-0.2, -0.15) is 0 Å². The second-order valence-electron chi connectivity index (χ2n) is 5.13. The molecule has 2 aromatic rings. The maximum absolute atomic E-state index is 4.56. The van der Waals surface area contributed by atoms with Crippen LogP contribution in [0.5, 0.6) is 0 Å². The van der Waals surface area contributed by atoms with Crippen LogP contribution in [0.2, 0.25) is 0 Å². The lowest BCUT2D eigenvalue weighted by molar-refractivity contribution is 0.429. The second kappa shape index (κ2) is 4.26. The molecule has 2 rings (SSSR count). The Morgan fingerprint density at radius 1 is 1.31 bits per heavy atom. The number of nitrogens with zero attached hydrogens (tertiary/aromatic N) is 2. The number of hydrogen-bond acceptors (Lipinski definition) is 2. The first-order chi connectivity index (χ1) is 7.54. The number of rotatable bonds is 3. The van der Waals surface area contributed by atoms with Crippen molar-refractivity contribution < 1.29 is 0 Å². The van der Waals surface area contributed by atoms with Gasteiger partial charge in [0.2, 0.25) is 0 Å². The summed E-state index contributed by atoms with van der Waals surface area (Å²) in [6, 6.07) is 6.06. The molecule has 0 fully saturated rings. The topological polar surface area (TPSA) is 29.3 Å². The average Bonchev–Trinajstić information content (AvgIpc) is 2.57. The number of hydrogen-bond donors (Lipinski definition) is 1. The van der Waals surface area contributed by atoms with Crippen molar-refractivity contribution >= 4 is 5.65 Å². The minimum absolute atomic E-state index is 0.180. The van der Waals surface area contributed by atoms with Crippen LogP contribution in [0.25, 0.3) is 5.65 Å². The van der Waals surface area contributed by atoms with Crippen molar-refractivity contribution in [3.05, 3.63) is 36.3 Å². The fourth-order valence-electron chi connectivity index (χ4n) is 1.67. The zero-order valence-electron chi connectivity index (χ0n) is 10.2. The van der Waals surface area contributed by atoms with Crippen LogP contribution in [-0.2, 0) is 6.42 Å². The lowest BCUT2D eigenvalue weighted by Gasteiger charge is -2.19. The molecule has 0 aliphatic rings. The lowest BCUT2D eigenvalue weighted by Crippen LogP contribution is -2.37. The zero-order chi connectivity index (χ0) is 11.6. The Labute approximate surface area is 96.5 Å². The zero-order valence-corrected chi connectivity index (χ0v) is 10.2. The van der Waals surface area contributed by atoms with Crippen molar-refractivity contribution in [2.24, 2.45) is 0 Å². The molecular formula is C13H19N3. The summed E-state index contributed by atoms with van der Waals surface area (Å²) in [7, 11) is 0. The van der Waals surface area contributed by atoms with E-state index in [1.54, 1.807) is 0 Å². The first-order valence-corrected chi connectivity index (χ1v) is 5.72. The van der Waals surface area contributed by atoms with Crippen molar-refractivity contribution in [2.45, 2.75) is 32.7 Å². The quantitative estimate of drug-likeness (QED) is 0.854. The summed E-state index contributed by atoms with van der Waals surface area (Å²) >= 11 is 0. The number of imidazole rings is 1. The summed E-state index contributed by atoms with van der Waals surface area (Å²) < 4.78 is 2.06. The predicted octanol–water partition coefficient (Wildman–Crippen LogP) is 2.26. The molecule has 0 saturated heterocycles. The Hall–Kier alpha value is -1.35. The van der Waals surface area contributed by atoms with Gasteiger partial charge in [0, 0.05) is 30.9 Å². The van der Waals surface area contributed by atoms with Crippen molar-refractivity contribution in [1.82, 2.24) is 14.7 Å². The monoisotopic (exact) mass is 217 g/mol. The van der Waals surface area contributed by atoms with E-state index in [1.165, 1.54) is 0 Å². The number of fused-ring (bicyclic) bond motifs is 1.